The van der Waals surface area contributed by atoms with Gasteiger partial charge in [0.15, 0.2) is 6.26 Å². The van der Waals surface area contributed by atoms with Crippen LogP contribution in [0.5, 0.6) is 5.88 Å². The van der Waals surface area contributed by atoms with Gasteiger partial charge < -0.3 is 24.6 Å². The molecule has 5 rings (SSSR count). The van der Waals surface area contributed by atoms with Crippen molar-refractivity contribution in [3.63, 3.8) is 0 Å². The van der Waals surface area contributed by atoms with Crippen molar-refractivity contribution < 1.29 is 19.1 Å². The maximum atomic E-state index is 12.8. The van der Waals surface area contributed by atoms with Crippen molar-refractivity contribution in [3.05, 3.63) is 69.7 Å². The Balaban J connectivity index is 1.44. The monoisotopic (exact) mass is 436 g/mol. The molecule has 1 fully saturated rings. The van der Waals surface area contributed by atoms with Crippen molar-refractivity contribution in [2.24, 2.45) is 0 Å². The standard InChI is InChI=1S/C23H24N4O5/c1-14(19-9-16(10-24-19)11-26-4-6-31-7-5-26)21-17-8-15(2-3-18(17)25-22(21)29)12-27-20(28)13-32-23(27)30/h2-3,8-10,13,24,28H,4-7,11-12H2,1H3,(H,25,29). The number of amides is 1. The van der Waals surface area contributed by atoms with Gasteiger partial charge in [0.1, 0.15) is 0 Å². The third-order valence-electron chi connectivity index (χ3n) is 5.96. The van der Waals surface area contributed by atoms with E-state index in [9.17, 15) is 14.7 Å². The van der Waals surface area contributed by atoms with E-state index in [1.165, 1.54) is 0 Å². The second-order valence-corrected chi connectivity index (χ2v) is 8.09. The molecule has 0 atom stereocenters. The summed E-state index contributed by atoms with van der Waals surface area (Å²) in [5.74, 6) is -1.04. The Morgan fingerprint density at radius 1 is 1.12 bits per heavy atom. The fraction of sp³-hybridized carbons (Fsp3) is 0.304. The second kappa shape index (κ2) is 8.18. The van der Waals surface area contributed by atoms with Crippen LogP contribution in [-0.4, -0.2) is 51.8 Å². The Hall–Kier alpha value is -3.56. The van der Waals surface area contributed by atoms with Gasteiger partial charge in [-0.15, -0.1) is 0 Å². The molecule has 2 aliphatic heterocycles. The molecule has 2 aliphatic rings. The van der Waals surface area contributed by atoms with Crippen LogP contribution in [0.25, 0.3) is 11.1 Å². The van der Waals surface area contributed by atoms with Crippen LogP contribution in [0.1, 0.15) is 29.3 Å². The number of H-pyrrole nitrogens is 1. The van der Waals surface area contributed by atoms with Gasteiger partial charge in [-0.25, -0.2) is 9.36 Å². The summed E-state index contributed by atoms with van der Waals surface area (Å²) in [6.07, 6.45) is 2.99. The van der Waals surface area contributed by atoms with Crippen LogP contribution >= 0.6 is 0 Å². The minimum absolute atomic E-state index is 0.140. The van der Waals surface area contributed by atoms with Crippen molar-refractivity contribution in [1.82, 2.24) is 14.5 Å². The van der Waals surface area contributed by atoms with Crippen molar-refractivity contribution in [3.8, 4) is 5.88 Å². The zero-order valence-corrected chi connectivity index (χ0v) is 17.7. The van der Waals surface area contributed by atoms with Gasteiger partial charge in [-0.2, -0.15) is 0 Å². The maximum absolute atomic E-state index is 12.8. The predicted octanol–water partition coefficient (Wildman–Crippen LogP) is 2.24. The number of benzene rings is 1. The summed E-state index contributed by atoms with van der Waals surface area (Å²) >= 11 is 0. The van der Waals surface area contributed by atoms with Crippen molar-refractivity contribution >= 4 is 22.7 Å². The number of carbonyl (C=O) groups is 1. The number of rotatable bonds is 5. The zero-order valence-electron chi connectivity index (χ0n) is 17.7. The Bertz CT molecular complexity index is 1260. The molecule has 1 saturated heterocycles. The van der Waals surface area contributed by atoms with E-state index in [1.807, 2.05) is 31.3 Å². The molecule has 3 N–H and O–H groups in total. The lowest BCUT2D eigenvalue weighted by molar-refractivity contribution is -0.110. The van der Waals surface area contributed by atoms with E-state index in [2.05, 4.69) is 21.3 Å². The Morgan fingerprint density at radius 2 is 1.94 bits per heavy atom. The molecule has 2 aromatic heterocycles. The van der Waals surface area contributed by atoms with Gasteiger partial charge in [0.2, 0.25) is 5.88 Å². The number of morpholine rings is 1. The highest BCUT2D eigenvalue weighted by Gasteiger charge is 2.27. The van der Waals surface area contributed by atoms with Crippen LogP contribution in [-0.2, 0) is 22.6 Å². The zero-order chi connectivity index (χ0) is 22.2. The molecule has 9 heteroatoms. The summed E-state index contributed by atoms with van der Waals surface area (Å²) in [4.78, 5) is 30.2. The highest BCUT2D eigenvalue weighted by atomic mass is 16.5. The second-order valence-electron chi connectivity index (χ2n) is 8.09. The quantitative estimate of drug-likeness (QED) is 0.529. The first-order valence-corrected chi connectivity index (χ1v) is 10.5. The van der Waals surface area contributed by atoms with E-state index in [0.29, 0.717) is 5.57 Å². The van der Waals surface area contributed by atoms with Crippen molar-refractivity contribution in [2.75, 3.05) is 31.6 Å². The average molecular weight is 436 g/mol. The molecule has 0 radical (unpaired) electrons. The third-order valence-corrected chi connectivity index (χ3v) is 5.96. The molecule has 0 bridgehead atoms. The van der Waals surface area contributed by atoms with Gasteiger partial charge >= 0.3 is 5.76 Å². The number of aromatic hydroxyl groups is 1. The van der Waals surface area contributed by atoms with Crippen molar-refractivity contribution in [2.45, 2.75) is 20.0 Å². The van der Waals surface area contributed by atoms with Crippen LogP contribution in [0.15, 0.2) is 45.9 Å². The molecular formula is C23H24N4O5. The number of fused-ring (bicyclic) bond motifs is 1. The number of anilines is 1. The number of allylic oxidation sites excluding steroid dienone is 1. The smallest absolute Gasteiger partial charge is 0.422 e. The summed E-state index contributed by atoms with van der Waals surface area (Å²) in [5, 5.41) is 12.7. The number of nitrogens with zero attached hydrogens (tertiary/aromatic N) is 2. The predicted molar refractivity (Wildman–Crippen MR) is 118 cm³/mol. The fourth-order valence-electron chi connectivity index (χ4n) is 4.24. The molecule has 9 nitrogen and oxygen atoms in total. The normalized spacial score (nSPS) is 18.0. The summed E-state index contributed by atoms with van der Waals surface area (Å²) < 4.78 is 11.3. The van der Waals surface area contributed by atoms with Crippen LogP contribution in [0.3, 0.4) is 0 Å². The number of carbonyl (C=O) groups excluding carboxylic acids is 1. The van der Waals surface area contributed by atoms with Crippen LogP contribution < -0.4 is 11.1 Å². The number of hydrogen-bond acceptors (Lipinski definition) is 6. The Kier molecular flexibility index (Phi) is 5.20. The van der Waals surface area contributed by atoms with Gasteiger partial charge in [0, 0.05) is 42.8 Å². The number of nitrogens with one attached hydrogen (secondary N) is 2. The van der Waals surface area contributed by atoms with E-state index in [0.717, 1.165) is 77.3 Å². The van der Waals surface area contributed by atoms with E-state index in [-0.39, 0.29) is 18.3 Å². The topological polar surface area (TPSA) is 113 Å². The third kappa shape index (κ3) is 3.76. The lowest BCUT2D eigenvalue weighted by Gasteiger charge is -2.25. The number of aromatic nitrogens is 2. The SMILES string of the molecule is CC(=C1C(=O)Nc2ccc(Cn3c(O)coc3=O)cc21)c1cc(CN2CCOCC2)c[nH]1. The first-order chi connectivity index (χ1) is 15.5. The van der Waals surface area contributed by atoms with Gasteiger partial charge in [0.25, 0.3) is 5.91 Å². The molecule has 1 amide bonds. The number of hydrogen-bond donors (Lipinski definition) is 3. The van der Waals surface area contributed by atoms with Gasteiger partial charge in [0.05, 0.1) is 25.3 Å². The molecule has 0 unspecified atom stereocenters. The van der Waals surface area contributed by atoms with Crippen LogP contribution in [0.2, 0.25) is 0 Å². The number of oxazole rings is 1. The molecule has 32 heavy (non-hydrogen) atoms. The molecule has 3 aromatic rings. The maximum Gasteiger partial charge on any atom is 0.422 e. The highest BCUT2D eigenvalue weighted by Crippen LogP contribution is 2.37. The highest BCUT2D eigenvalue weighted by molar-refractivity contribution is 6.36. The van der Waals surface area contributed by atoms with E-state index >= 15 is 0 Å². The first-order valence-electron chi connectivity index (χ1n) is 10.5. The molecule has 4 heterocycles. The van der Waals surface area contributed by atoms with Crippen molar-refractivity contribution in [1.29, 1.82) is 0 Å². The Labute approximate surface area is 183 Å². The fourth-order valence-corrected chi connectivity index (χ4v) is 4.24. The molecule has 1 aromatic carbocycles. The minimum atomic E-state index is -0.636. The molecule has 0 saturated carbocycles. The summed E-state index contributed by atoms with van der Waals surface area (Å²) in [6, 6.07) is 7.56. The lowest BCUT2D eigenvalue weighted by atomic mass is 9.98. The minimum Gasteiger partial charge on any atom is -0.492 e. The summed E-state index contributed by atoms with van der Waals surface area (Å²) in [5.41, 5.74) is 5.73. The molecule has 0 aliphatic carbocycles. The largest absolute Gasteiger partial charge is 0.492 e. The van der Waals surface area contributed by atoms with Gasteiger partial charge in [-0.3, -0.25) is 9.69 Å². The lowest BCUT2D eigenvalue weighted by Crippen LogP contribution is -2.35. The molecular weight excluding hydrogens is 412 g/mol. The van der Waals surface area contributed by atoms with Crippen LogP contribution in [0.4, 0.5) is 5.69 Å². The van der Waals surface area contributed by atoms with E-state index in [1.54, 1.807) is 0 Å². The average Bonchev–Trinajstić information content (AvgIpc) is 3.47. The molecule has 166 valence electrons. The number of ether oxygens (including phenoxy) is 1. The Morgan fingerprint density at radius 3 is 2.69 bits per heavy atom. The van der Waals surface area contributed by atoms with Crippen LogP contribution in [0, 0.1) is 0 Å². The number of aromatic amines is 1. The molecule has 0 spiro atoms. The van der Waals surface area contributed by atoms with E-state index < -0.39 is 5.76 Å². The first kappa shape index (κ1) is 20.3. The van der Waals surface area contributed by atoms with Gasteiger partial charge in [-0.05, 0) is 41.8 Å². The summed E-state index contributed by atoms with van der Waals surface area (Å²) in [7, 11) is 0. The van der Waals surface area contributed by atoms with E-state index in [4.69, 9.17) is 9.15 Å². The van der Waals surface area contributed by atoms with Gasteiger partial charge in [-0.1, -0.05) is 6.07 Å². The summed E-state index contributed by atoms with van der Waals surface area (Å²) in [6.45, 7) is 6.22.